The van der Waals surface area contributed by atoms with Gasteiger partial charge in [0.05, 0.1) is 13.2 Å². The number of carboxylic acid groups (broad SMARTS) is 1. The monoisotopic (exact) mass is 840 g/mol. The second-order valence-electron chi connectivity index (χ2n) is 15.2. The molecule has 1 unspecified atom stereocenters. The number of nitrogens with two attached hydrogens (primary N) is 1. The number of ether oxygens (including phenoxy) is 2. The number of hydrogen-bond acceptors (Lipinski definition) is 9. The third kappa shape index (κ3) is 40.2. The average Bonchev–Trinajstić information content (AvgIpc) is 3.20. The third-order valence-electron chi connectivity index (χ3n) is 9.58. The highest BCUT2D eigenvalue weighted by molar-refractivity contribution is 7.47. The smallest absolute Gasteiger partial charge is 0.472 e. The molecule has 0 fully saturated rings. The molecule has 12 heteroatoms. The van der Waals surface area contributed by atoms with Crippen LogP contribution in [-0.4, -0.2) is 59.9 Å². The minimum absolute atomic E-state index is 0.146. The van der Waals surface area contributed by atoms with E-state index < -0.39 is 51.1 Å². The quantitative estimate of drug-likeness (QED) is 0.0231. The van der Waals surface area contributed by atoms with E-state index in [9.17, 15) is 23.8 Å². The average molecular weight is 840 g/mol. The highest BCUT2D eigenvalue weighted by atomic mass is 31.2. The topological polar surface area (TPSA) is 172 Å². The standard InChI is InChI=1S/C46H82NO10P/c1-3-5-7-9-11-13-15-17-19-21-23-25-27-29-31-33-35-37-44(48)54-39-42(40-55-58(52,53)56-41-43(47)46(50)51)57-45(49)38-36-34-32-30-28-26-24-22-20-18-16-14-12-10-8-6-4-2/h11,13,17,19,23,25,29,31,42-43H,3-10,12,14-16,18,20-22,24,26-28,30,32-41,47H2,1-2H3,(H,50,51)(H,52,53)/b13-11+,19-17+,25-23+,31-29+/t42-,43+/m1/s1. The number of carbonyl (C=O) groups excluding carboxylic acids is 2. The van der Waals surface area contributed by atoms with Gasteiger partial charge < -0.3 is 25.2 Å². The Bertz CT molecular complexity index is 1170. The molecule has 0 aromatic carbocycles. The van der Waals surface area contributed by atoms with E-state index in [4.69, 9.17) is 24.8 Å². The first-order chi connectivity index (χ1) is 28.1. The highest BCUT2D eigenvalue weighted by Crippen LogP contribution is 2.43. The Kier molecular flexibility index (Phi) is 39.4. The van der Waals surface area contributed by atoms with Gasteiger partial charge in [0.1, 0.15) is 12.6 Å². The number of carbonyl (C=O) groups is 3. The largest absolute Gasteiger partial charge is 0.480 e. The number of rotatable bonds is 42. The van der Waals surface area contributed by atoms with E-state index in [1.807, 2.05) is 6.08 Å². The van der Waals surface area contributed by atoms with Crippen molar-refractivity contribution in [1.29, 1.82) is 0 Å². The molecule has 0 aliphatic rings. The van der Waals surface area contributed by atoms with Crippen molar-refractivity contribution in [3.63, 3.8) is 0 Å². The zero-order chi connectivity index (χ0) is 42.8. The number of carboxylic acids is 1. The lowest BCUT2D eigenvalue weighted by molar-refractivity contribution is -0.161. The summed E-state index contributed by atoms with van der Waals surface area (Å²) in [6.45, 7) is 2.73. The van der Waals surface area contributed by atoms with Crippen LogP contribution in [0.3, 0.4) is 0 Å². The lowest BCUT2D eigenvalue weighted by atomic mass is 10.0. The van der Waals surface area contributed by atoms with Gasteiger partial charge in [-0.3, -0.25) is 23.4 Å². The zero-order valence-corrected chi connectivity index (χ0v) is 37.3. The van der Waals surface area contributed by atoms with Gasteiger partial charge in [0, 0.05) is 12.8 Å². The molecule has 0 rings (SSSR count). The van der Waals surface area contributed by atoms with Gasteiger partial charge in [0.15, 0.2) is 6.10 Å². The lowest BCUT2D eigenvalue weighted by Gasteiger charge is -2.20. The molecule has 4 N–H and O–H groups in total. The Balaban J connectivity index is 4.41. The minimum Gasteiger partial charge on any atom is -0.480 e. The minimum atomic E-state index is -4.73. The van der Waals surface area contributed by atoms with Crippen molar-refractivity contribution < 1.29 is 47.5 Å². The maximum atomic E-state index is 12.6. The van der Waals surface area contributed by atoms with Crippen LogP contribution in [0.1, 0.15) is 194 Å². The molecule has 0 aromatic rings. The van der Waals surface area contributed by atoms with Crippen LogP contribution in [0.4, 0.5) is 0 Å². The van der Waals surface area contributed by atoms with Crippen LogP contribution in [0, 0.1) is 0 Å². The number of unbranched alkanes of at least 4 members (excludes halogenated alkanes) is 20. The number of phosphoric acid groups is 1. The van der Waals surface area contributed by atoms with Crippen molar-refractivity contribution in [2.75, 3.05) is 19.8 Å². The summed E-state index contributed by atoms with van der Waals surface area (Å²) in [6.07, 6.45) is 46.1. The van der Waals surface area contributed by atoms with Gasteiger partial charge >= 0.3 is 25.7 Å². The number of phosphoric ester groups is 1. The second kappa shape index (κ2) is 41.2. The number of hydrogen-bond donors (Lipinski definition) is 3. The molecule has 0 aliphatic heterocycles. The van der Waals surface area contributed by atoms with Crippen LogP contribution < -0.4 is 5.73 Å². The van der Waals surface area contributed by atoms with E-state index in [1.54, 1.807) is 0 Å². The normalized spacial score (nSPS) is 14.1. The molecule has 0 heterocycles. The van der Waals surface area contributed by atoms with Gasteiger partial charge in [-0.05, 0) is 51.4 Å². The molecule has 0 aromatic heterocycles. The second-order valence-corrected chi connectivity index (χ2v) is 16.6. The van der Waals surface area contributed by atoms with Gasteiger partial charge in [0.2, 0.25) is 0 Å². The summed E-state index contributed by atoms with van der Waals surface area (Å²) in [7, 11) is -4.73. The Labute approximate surface area is 352 Å². The molecule has 0 saturated heterocycles. The number of aliphatic carboxylic acids is 1. The summed E-state index contributed by atoms with van der Waals surface area (Å²) >= 11 is 0. The Morgan fingerprint density at radius 2 is 0.931 bits per heavy atom. The fourth-order valence-electron chi connectivity index (χ4n) is 6.00. The Morgan fingerprint density at radius 1 is 0.534 bits per heavy atom. The molecular formula is C46H82NO10P. The van der Waals surface area contributed by atoms with Gasteiger partial charge in [-0.25, -0.2) is 4.57 Å². The lowest BCUT2D eigenvalue weighted by Crippen LogP contribution is -2.34. The number of esters is 2. The SMILES string of the molecule is CCCCC/C=C/C/C=C/C/C=C/C/C=C/CCCC(=O)OC[C@H](COP(=O)(O)OC[C@H](N)C(=O)O)OC(=O)CCCCCCCCCCCCCCCCCCC. The van der Waals surface area contributed by atoms with Crippen molar-refractivity contribution in [3.05, 3.63) is 48.6 Å². The third-order valence-corrected chi connectivity index (χ3v) is 10.5. The number of allylic oxidation sites excluding steroid dienone is 8. The molecule has 336 valence electrons. The first-order valence-corrected chi connectivity index (χ1v) is 24.2. The predicted octanol–water partition coefficient (Wildman–Crippen LogP) is 12.2. The molecule has 0 spiro atoms. The van der Waals surface area contributed by atoms with E-state index in [1.165, 1.54) is 103 Å². The summed E-state index contributed by atoms with van der Waals surface area (Å²) in [4.78, 5) is 46.0. The Morgan fingerprint density at radius 3 is 1.41 bits per heavy atom. The zero-order valence-electron chi connectivity index (χ0n) is 36.4. The van der Waals surface area contributed by atoms with Crippen molar-refractivity contribution in [2.45, 2.75) is 206 Å². The predicted molar refractivity (Wildman–Crippen MR) is 235 cm³/mol. The first kappa shape index (κ1) is 55.4. The molecule has 58 heavy (non-hydrogen) atoms. The van der Waals surface area contributed by atoms with Crippen molar-refractivity contribution in [1.82, 2.24) is 0 Å². The van der Waals surface area contributed by atoms with Gasteiger partial charge in [-0.1, -0.05) is 178 Å². The van der Waals surface area contributed by atoms with Crippen LogP contribution in [0.25, 0.3) is 0 Å². The molecule has 0 aliphatic carbocycles. The molecule has 0 saturated carbocycles. The van der Waals surface area contributed by atoms with Crippen LogP contribution in [0.15, 0.2) is 48.6 Å². The van der Waals surface area contributed by atoms with E-state index in [-0.39, 0.29) is 19.4 Å². The van der Waals surface area contributed by atoms with E-state index >= 15 is 0 Å². The van der Waals surface area contributed by atoms with E-state index in [0.717, 1.165) is 44.9 Å². The first-order valence-electron chi connectivity index (χ1n) is 22.7. The highest BCUT2D eigenvalue weighted by Gasteiger charge is 2.28. The maximum Gasteiger partial charge on any atom is 0.472 e. The molecule has 0 amide bonds. The molecule has 0 bridgehead atoms. The summed E-state index contributed by atoms with van der Waals surface area (Å²) in [6, 6.07) is -1.53. The molecule has 11 nitrogen and oxygen atoms in total. The molecular weight excluding hydrogens is 757 g/mol. The molecule has 0 radical (unpaired) electrons. The summed E-state index contributed by atoms with van der Waals surface area (Å²) < 4.78 is 32.7. The van der Waals surface area contributed by atoms with Gasteiger partial charge in [-0.15, -0.1) is 0 Å². The van der Waals surface area contributed by atoms with Crippen LogP contribution in [0.2, 0.25) is 0 Å². The van der Waals surface area contributed by atoms with Crippen molar-refractivity contribution in [3.8, 4) is 0 Å². The maximum absolute atomic E-state index is 12.6. The fraction of sp³-hybridized carbons (Fsp3) is 0.761. The van der Waals surface area contributed by atoms with Crippen LogP contribution in [0.5, 0.6) is 0 Å². The summed E-state index contributed by atoms with van der Waals surface area (Å²) in [5.74, 6) is -2.44. The molecule has 3 atom stereocenters. The van der Waals surface area contributed by atoms with Crippen LogP contribution >= 0.6 is 7.82 Å². The summed E-state index contributed by atoms with van der Waals surface area (Å²) in [5.41, 5.74) is 5.33. The van der Waals surface area contributed by atoms with E-state index in [0.29, 0.717) is 19.3 Å². The van der Waals surface area contributed by atoms with Crippen molar-refractivity contribution >= 4 is 25.7 Å². The summed E-state index contributed by atoms with van der Waals surface area (Å²) in [5, 5.41) is 8.89. The Hall–Kier alpha value is -2.56. The van der Waals surface area contributed by atoms with Gasteiger partial charge in [0.25, 0.3) is 0 Å². The van der Waals surface area contributed by atoms with E-state index in [2.05, 4.69) is 60.9 Å². The van der Waals surface area contributed by atoms with Gasteiger partial charge in [-0.2, -0.15) is 0 Å². The van der Waals surface area contributed by atoms with Crippen LogP contribution in [-0.2, 0) is 37.5 Å². The van der Waals surface area contributed by atoms with Crippen molar-refractivity contribution in [2.24, 2.45) is 5.73 Å². The fourth-order valence-corrected chi connectivity index (χ4v) is 6.78.